The van der Waals surface area contributed by atoms with Crippen molar-refractivity contribution in [3.63, 3.8) is 0 Å². The second-order valence-electron chi connectivity index (χ2n) is 7.16. The summed E-state index contributed by atoms with van der Waals surface area (Å²) < 4.78 is 16.6. The van der Waals surface area contributed by atoms with Gasteiger partial charge in [-0.25, -0.2) is 0 Å². The number of aromatic nitrogens is 2. The van der Waals surface area contributed by atoms with E-state index in [1.807, 2.05) is 19.1 Å². The number of anilines is 3. The molecule has 1 aromatic heterocycles. The third kappa shape index (κ3) is 6.60. The number of nitrogens with one attached hydrogen (secondary N) is 3. The number of rotatable bonds is 6. The summed E-state index contributed by atoms with van der Waals surface area (Å²) in [4.78, 5) is 8.61. The van der Waals surface area contributed by atoms with Gasteiger partial charge >= 0.3 is 157 Å². The Kier molecular flexibility index (Phi) is 8.61. The van der Waals surface area contributed by atoms with Crippen LogP contribution in [0.4, 0.5) is 21.6 Å². The summed E-state index contributed by atoms with van der Waals surface area (Å²) in [6.45, 7) is 5.58. The molecule has 5 N–H and O–H groups in total. The number of aryl methyl sites for hydroxylation is 1. The Hall–Kier alpha value is -1.79. The standard InChI is InChI=1S/C15H11ClFN4S.C6H12N2.Pb/c1-8-4-14-10(6-13(8)21-22)15(19-7-18-14)20-9-2-3-12(17)11(16)5-9;1-5(7)8-6-3-2-4-6;/h2-7,21H,1H3,(H,18,19,20);6,8H,1-4,7H2;/q-1;;+1. The number of benzene rings is 2. The van der Waals surface area contributed by atoms with Gasteiger partial charge in [-0.2, -0.15) is 0 Å². The van der Waals surface area contributed by atoms with Crippen molar-refractivity contribution in [2.45, 2.75) is 32.2 Å². The second-order valence-corrected chi connectivity index (χ2v) is 10.4. The zero-order chi connectivity index (χ0) is 22.4. The molecule has 10 heteroatoms. The SMILES string of the molecule is C=C(N)NC1CCC1.Cc1cc2ncnc(Nc3ccc(F)c(Cl)c3)c2cc1N[S][Pb]. The Labute approximate surface area is 204 Å². The third-order valence-corrected chi connectivity index (χ3v) is 6.62. The van der Waals surface area contributed by atoms with Crippen LogP contribution < -0.4 is 21.1 Å². The Bertz CT molecular complexity index is 1080. The molecule has 0 bridgehead atoms. The number of nitrogens with zero attached hydrogens (tertiary/aromatic N) is 2. The first kappa shape index (κ1) is 23.9. The molecule has 0 amide bonds. The van der Waals surface area contributed by atoms with Gasteiger partial charge in [0.15, 0.2) is 0 Å². The van der Waals surface area contributed by atoms with Crippen molar-refractivity contribution in [2.24, 2.45) is 5.73 Å². The first-order valence-corrected chi connectivity index (χ1v) is 15.6. The Morgan fingerprint density at radius 2 is 2.06 bits per heavy atom. The molecular formula is C21H23ClFN6PbS. The maximum absolute atomic E-state index is 13.3. The number of nitrogens with two attached hydrogens (primary N) is 1. The maximum atomic E-state index is 13.3. The normalized spacial score (nSPS) is 13.0. The molecule has 161 valence electrons. The van der Waals surface area contributed by atoms with Crippen LogP contribution in [0.2, 0.25) is 5.02 Å². The summed E-state index contributed by atoms with van der Waals surface area (Å²) in [5, 5.41) is 7.19. The first-order valence-electron chi connectivity index (χ1n) is 9.64. The fourth-order valence-electron chi connectivity index (χ4n) is 3.00. The fraction of sp³-hybridized carbons (Fsp3) is 0.238. The van der Waals surface area contributed by atoms with Crippen molar-refractivity contribution in [3.05, 3.63) is 65.5 Å². The molecule has 31 heavy (non-hydrogen) atoms. The van der Waals surface area contributed by atoms with Gasteiger partial charge in [-0.15, -0.1) is 0 Å². The summed E-state index contributed by atoms with van der Waals surface area (Å²) in [5.41, 5.74) is 8.97. The molecule has 1 fully saturated rings. The minimum absolute atomic E-state index is 0.0684. The van der Waals surface area contributed by atoms with Gasteiger partial charge in [0.25, 0.3) is 0 Å². The van der Waals surface area contributed by atoms with E-state index in [-0.39, 0.29) is 5.02 Å². The van der Waals surface area contributed by atoms with E-state index in [0.29, 0.717) is 23.4 Å². The number of halogens is 2. The van der Waals surface area contributed by atoms with Crippen molar-refractivity contribution in [3.8, 4) is 0 Å². The van der Waals surface area contributed by atoms with E-state index in [1.165, 1.54) is 37.7 Å². The van der Waals surface area contributed by atoms with E-state index in [2.05, 4.69) is 31.9 Å². The van der Waals surface area contributed by atoms with Gasteiger partial charge in [0.1, 0.15) is 0 Å². The first-order chi connectivity index (χ1) is 14.9. The van der Waals surface area contributed by atoms with E-state index in [4.69, 9.17) is 17.3 Å². The van der Waals surface area contributed by atoms with Crippen LogP contribution >= 0.6 is 20.1 Å². The quantitative estimate of drug-likeness (QED) is 0.216. The zero-order valence-electron chi connectivity index (χ0n) is 17.0. The van der Waals surface area contributed by atoms with E-state index in [1.54, 1.807) is 14.6 Å². The van der Waals surface area contributed by atoms with Crippen LogP contribution in [0.25, 0.3) is 10.9 Å². The molecule has 1 saturated carbocycles. The summed E-state index contributed by atoms with van der Waals surface area (Å²) in [6.07, 6.45) is 5.36. The molecule has 4 rings (SSSR count). The van der Waals surface area contributed by atoms with Gasteiger partial charge in [-0.1, -0.05) is 6.58 Å². The summed E-state index contributed by atoms with van der Waals surface area (Å²) in [6, 6.07) is 9.14. The van der Waals surface area contributed by atoms with Crippen molar-refractivity contribution in [1.29, 1.82) is 0 Å². The number of hydrogen-bond acceptors (Lipinski definition) is 7. The van der Waals surface area contributed by atoms with Crippen molar-refractivity contribution in [2.75, 3.05) is 10.0 Å². The topological polar surface area (TPSA) is 87.9 Å². The van der Waals surface area contributed by atoms with E-state index >= 15 is 0 Å². The van der Waals surface area contributed by atoms with Gasteiger partial charge in [0.2, 0.25) is 0 Å². The molecular weight excluding hydrogens is 630 g/mol. The van der Waals surface area contributed by atoms with Crippen LogP contribution in [-0.2, 0) is 0 Å². The molecule has 3 aromatic rings. The van der Waals surface area contributed by atoms with Crippen LogP contribution in [0, 0.1) is 12.7 Å². The predicted molar refractivity (Wildman–Crippen MR) is 130 cm³/mol. The fourth-order valence-corrected chi connectivity index (χ4v) is 4.79. The molecule has 0 atom stereocenters. The van der Waals surface area contributed by atoms with E-state index < -0.39 is 5.82 Å². The van der Waals surface area contributed by atoms with Crippen LogP contribution in [0.3, 0.4) is 0 Å². The van der Waals surface area contributed by atoms with Gasteiger partial charge < -0.3 is 11.1 Å². The summed E-state index contributed by atoms with van der Waals surface area (Å²) >= 11 is 6.82. The summed E-state index contributed by atoms with van der Waals surface area (Å²) in [7, 11) is 1.66. The Morgan fingerprint density at radius 3 is 2.65 bits per heavy atom. The molecule has 3 radical (unpaired) electrons. The average molecular weight is 653 g/mol. The van der Waals surface area contributed by atoms with Crippen molar-refractivity contribution in [1.82, 2.24) is 15.3 Å². The van der Waals surface area contributed by atoms with Crippen molar-refractivity contribution >= 4 is 72.5 Å². The van der Waals surface area contributed by atoms with E-state index in [0.717, 1.165) is 46.4 Å². The van der Waals surface area contributed by atoms with Crippen LogP contribution in [-0.4, -0.2) is 40.3 Å². The molecule has 2 aromatic carbocycles. The molecule has 6 nitrogen and oxygen atoms in total. The monoisotopic (exact) mass is 653 g/mol. The van der Waals surface area contributed by atoms with Gasteiger partial charge in [-0.05, 0) is 19.3 Å². The minimum atomic E-state index is -0.448. The third-order valence-electron chi connectivity index (χ3n) is 4.82. The van der Waals surface area contributed by atoms with E-state index in [9.17, 15) is 4.39 Å². The second kappa shape index (κ2) is 11.2. The average Bonchev–Trinajstić information content (AvgIpc) is 2.69. The molecule has 0 saturated heterocycles. The van der Waals surface area contributed by atoms with Gasteiger partial charge in [0, 0.05) is 6.04 Å². The molecule has 0 spiro atoms. The van der Waals surface area contributed by atoms with Crippen molar-refractivity contribution < 1.29 is 4.39 Å². The predicted octanol–water partition coefficient (Wildman–Crippen LogP) is 5.18. The van der Waals surface area contributed by atoms with Crippen LogP contribution in [0.1, 0.15) is 24.8 Å². The Morgan fingerprint density at radius 1 is 1.29 bits per heavy atom. The van der Waals surface area contributed by atoms with Crippen LogP contribution in [0.15, 0.2) is 49.1 Å². The Balaban J connectivity index is 0.000000287. The molecule has 0 aliphatic heterocycles. The molecule has 0 unspecified atom stereocenters. The number of fused-ring (bicyclic) bond motifs is 1. The molecule has 1 aliphatic rings. The van der Waals surface area contributed by atoms with Gasteiger partial charge in [-0.3, -0.25) is 0 Å². The zero-order valence-corrected chi connectivity index (χ0v) is 22.5. The van der Waals surface area contributed by atoms with Gasteiger partial charge in [0.05, 0.1) is 5.82 Å². The van der Waals surface area contributed by atoms with Crippen LogP contribution in [0.5, 0.6) is 0 Å². The molecule has 1 heterocycles. The molecule has 1 aliphatic carbocycles. The summed E-state index contributed by atoms with van der Waals surface area (Å²) in [5.74, 6) is 0.810. The number of hydrogen-bond donors (Lipinski definition) is 4.